The second-order valence-corrected chi connectivity index (χ2v) is 7.19. The maximum Gasteiger partial charge on any atom is 0.297 e. The van der Waals surface area contributed by atoms with E-state index in [1.54, 1.807) is 18.8 Å². The van der Waals surface area contributed by atoms with Crippen LogP contribution in [0.15, 0.2) is 41.4 Å². The molecule has 2 aromatic heterocycles. The van der Waals surface area contributed by atoms with Crippen molar-refractivity contribution in [3.8, 4) is 5.88 Å². The van der Waals surface area contributed by atoms with Crippen molar-refractivity contribution in [1.29, 1.82) is 0 Å². The number of aromatic nitrogens is 3. The summed E-state index contributed by atoms with van der Waals surface area (Å²) in [6.45, 7) is 3.60. The average Bonchev–Trinajstić information content (AvgIpc) is 3.42. The Morgan fingerprint density at radius 1 is 0.963 bits per heavy atom. The van der Waals surface area contributed by atoms with Crippen molar-refractivity contribution < 1.29 is 9.15 Å². The van der Waals surface area contributed by atoms with Gasteiger partial charge in [-0.05, 0) is 43.9 Å². The van der Waals surface area contributed by atoms with E-state index in [2.05, 4.69) is 43.0 Å². The average molecular weight is 365 g/mol. The molecule has 1 saturated carbocycles. The van der Waals surface area contributed by atoms with Gasteiger partial charge in [-0.25, -0.2) is 15.0 Å². The van der Waals surface area contributed by atoms with Gasteiger partial charge in [0.2, 0.25) is 5.88 Å². The minimum atomic E-state index is 0.288. The lowest BCUT2D eigenvalue weighted by Gasteiger charge is -2.35. The number of benzene rings is 1. The molecule has 1 aliphatic heterocycles. The smallest absolute Gasteiger partial charge is 0.297 e. The maximum absolute atomic E-state index is 6.20. The number of hydrogen-bond acceptors (Lipinski definition) is 7. The van der Waals surface area contributed by atoms with E-state index in [4.69, 9.17) is 9.15 Å². The van der Waals surface area contributed by atoms with Crippen LogP contribution in [0.2, 0.25) is 0 Å². The fourth-order valence-corrected chi connectivity index (χ4v) is 4.00. The van der Waals surface area contributed by atoms with Gasteiger partial charge in [-0.1, -0.05) is 0 Å². The van der Waals surface area contributed by atoms with E-state index >= 15 is 0 Å². The Morgan fingerprint density at radius 2 is 1.78 bits per heavy atom. The van der Waals surface area contributed by atoms with Gasteiger partial charge in [-0.15, -0.1) is 0 Å². The van der Waals surface area contributed by atoms with E-state index < -0.39 is 0 Å². The zero-order valence-electron chi connectivity index (χ0n) is 15.3. The van der Waals surface area contributed by atoms with Gasteiger partial charge in [0.1, 0.15) is 18.7 Å². The molecule has 27 heavy (non-hydrogen) atoms. The third kappa shape index (κ3) is 3.29. The molecule has 0 spiro atoms. The lowest BCUT2D eigenvalue weighted by Crippen LogP contribution is -2.46. The van der Waals surface area contributed by atoms with Crippen LogP contribution in [0.5, 0.6) is 5.88 Å². The Bertz CT molecular complexity index is 900. The van der Waals surface area contributed by atoms with Gasteiger partial charge >= 0.3 is 0 Å². The zero-order chi connectivity index (χ0) is 18.1. The van der Waals surface area contributed by atoms with Crippen molar-refractivity contribution in [3.63, 3.8) is 0 Å². The van der Waals surface area contributed by atoms with Gasteiger partial charge in [-0.3, -0.25) is 0 Å². The molecule has 0 unspecified atom stereocenters. The highest BCUT2D eigenvalue weighted by Crippen LogP contribution is 2.30. The monoisotopic (exact) mass is 365 g/mol. The van der Waals surface area contributed by atoms with Gasteiger partial charge < -0.3 is 19.0 Å². The third-order valence-electron chi connectivity index (χ3n) is 5.50. The molecule has 2 aliphatic rings. The first kappa shape index (κ1) is 16.4. The number of nitrogens with zero attached hydrogens (tertiary/aromatic N) is 5. The normalized spacial score (nSPS) is 18.4. The maximum atomic E-state index is 6.20. The van der Waals surface area contributed by atoms with Crippen LogP contribution in [-0.4, -0.2) is 47.2 Å². The summed E-state index contributed by atoms with van der Waals surface area (Å²) in [7, 11) is 0. The molecule has 3 aromatic rings. The SMILES string of the molecule is c1coc(N2CCN(c3ccc4ncnc(OC5CCCC5)c4c3)CC2)n1. The third-order valence-corrected chi connectivity index (χ3v) is 5.50. The highest BCUT2D eigenvalue weighted by atomic mass is 16.5. The molecule has 1 aliphatic carbocycles. The number of rotatable bonds is 4. The first-order valence-corrected chi connectivity index (χ1v) is 9.68. The summed E-state index contributed by atoms with van der Waals surface area (Å²) in [5, 5.41) is 0.997. The summed E-state index contributed by atoms with van der Waals surface area (Å²) in [6.07, 6.45) is 9.93. The number of ether oxygens (including phenoxy) is 1. The van der Waals surface area contributed by atoms with Crippen LogP contribution in [0, 0.1) is 0 Å². The predicted octanol–water partition coefficient (Wildman–Crippen LogP) is 3.27. The molecule has 7 nitrogen and oxygen atoms in total. The van der Waals surface area contributed by atoms with Crippen LogP contribution in [0.3, 0.4) is 0 Å². The minimum Gasteiger partial charge on any atom is -0.474 e. The topological polar surface area (TPSA) is 67.5 Å². The largest absolute Gasteiger partial charge is 0.474 e. The minimum absolute atomic E-state index is 0.288. The quantitative estimate of drug-likeness (QED) is 0.703. The number of anilines is 2. The Balaban J connectivity index is 1.36. The van der Waals surface area contributed by atoms with Crippen LogP contribution in [0.4, 0.5) is 11.7 Å². The first-order chi connectivity index (χ1) is 13.4. The lowest BCUT2D eigenvalue weighted by molar-refractivity contribution is 0.204. The van der Waals surface area contributed by atoms with Crippen LogP contribution >= 0.6 is 0 Å². The Labute approximate surface area is 158 Å². The molecule has 5 rings (SSSR count). The molecule has 1 aromatic carbocycles. The molecule has 3 heterocycles. The van der Waals surface area contributed by atoms with E-state index in [0.29, 0.717) is 11.9 Å². The summed E-state index contributed by atoms with van der Waals surface area (Å²) < 4.78 is 11.6. The van der Waals surface area contributed by atoms with Crippen molar-refractivity contribution in [2.24, 2.45) is 0 Å². The van der Waals surface area contributed by atoms with Gasteiger partial charge in [0.15, 0.2) is 0 Å². The van der Waals surface area contributed by atoms with Gasteiger partial charge in [0.25, 0.3) is 6.01 Å². The van der Waals surface area contributed by atoms with Crippen LogP contribution in [-0.2, 0) is 0 Å². The number of fused-ring (bicyclic) bond motifs is 1. The fraction of sp³-hybridized carbons (Fsp3) is 0.450. The van der Waals surface area contributed by atoms with E-state index in [1.807, 2.05) is 0 Å². The van der Waals surface area contributed by atoms with Crippen molar-refractivity contribution in [3.05, 3.63) is 37.0 Å². The summed E-state index contributed by atoms with van der Waals surface area (Å²) in [5.41, 5.74) is 2.11. The fourth-order valence-electron chi connectivity index (χ4n) is 4.00. The van der Waals surface area contributed by atoms with Crippen LogP contribution in [0.1, 0.15) is 25.7 Å². The highest BCUT2D eigenvalue weighted by molar-refractivity contribution is 5.86. The molecule has 0 amide bonds. The molecule has 0 N–H and O–H groups in total. The van der Waals surface area contributed by atoms with Crippen molar-refractivity contribution in [2.45, 2.75) is 31.8 Å². The predicted molar refractivity (Wildman–Crippen MR) is 103 cm³/mol. The Kier molecular flexibility index (Phi) is 4.27. The number of hydrogen-bond donors (Lipinski definition) is 0. The van der Waals surface area contributed by atoms with E-state index in [1.165, 1.54) is 18.5 Å². The van der Waals surface area contributed by atoms with E-state index in [9.17, 15) is 0 Å². The Morgan fingerprint density at radius 3 is 2.56 bits per heavy atom. The van der Waals surface area contributed by atoms with Gasteiger partial charge in [0.05, 0.1) is 17.1 Å². The molecule has 7 heteroatoms. The standard InChI is InChI=1S/C20H23N5O2/c1-2-4-16(3-1)27-19-17-13-15(5-6-18(17)22-14-23-19)24-8-10-25(11-9-24)20-21-7-12-26-20/h5-7,12-14,16H,1-4,8-11H2. The summed E-state index contributed by atoms with van der Waals surface area (Å²) in [5.74, 6) is 0.715. The molecule has 1 saturated heterocycles. The lowest BCUT2D eigenvalue weighted by atomic mass is 10.2. The molecule has 0 atom stereocenters. The number of oxazole rings is 1. The Hall–Kier alpha value is -2.83. The van der Waals surface area contributed by atoms with Crippen LogP contribution in [0.25, 0.3) is 10.9 Å². The van der Waals surface area contributed by atoms with E-state index in [-0.39, 0.29) is 6.10 Å². The van der Waals surface area contributed by atoms with E-state index in [0.717, 1.165) is 49.9 Å². The second kappa shape index (κ2) is 7.06. The second-order valence-electron chi connectivity index (χ2n) is 7.19. The number of piperazine rings is 1. The molecule has 2 fully saturated rings. The first-order valence-electron chi connectivity index (χ1n) is 9.68. The summed E-state index contributed by atoms with van der Waals surface area (Å²) >= 11 is 0. The zero-order valence-corrected chi connectivity index (χ0v) is 15.3. The van der Waals surface area contributed by atoms with Crippen LogP contribution < -0.4 is 14.5 Å². The summed E-state index contributed by atoms with van der Waals surface area (Å²) in [6, 6.07) is 7.07. The van der Waals surface area contributed by atoms with Gasteiger partial charge in [0, 0.05) is 31.9 Å². The summed E-state index contributed by atoms with van der Waals surface area (Å²) in [4.78, 5) is 17.6. The molecule has 0 radical (unpaired) electrons. The molecule has 0 bridgehead atoms. The van der Waals surface area contributed by atoms with Crippen molar-refractivity contribution >= 4 is 22.6 Å². The highest BCUT2D eigenvalue weighted by Gasteiger charge is 2.22. The van der Waals surface area contributed by atoms with Crippen molar-refractivity contribution in [1.82, 2.24) is 15.0 Å². The molecular weight excluding hydrogens is 342 g/mol. The molecule has 140 valence electrons. The van der Waals surface area contributed by atoms with Gasteiger partial charge in [-0.2, -0.15) is 0 Å². The van der Waals surface area contributed by atoms with Crippen molar-refractivity contribution in [2.75, 3.05) is 36.0 Å². The molecular formula is C20H23N5O2.